The maximum absolute atomic E-state index is 4.42. The lowest BCUT2D eigenvalue weighted by atomic mass is 9.69. The van der Waals surface area contributed by atoms with Crippen molar-refractivity contribution in [3.05, 3.63) is 221 Å². The standard InChI is InChI=1S/C59H44/c1-5-17-38-31-34-54-57(43(38)8-4)51-33-29-40-36-42(30-32-44(40)58(51)59(54)52-25-15-13-19-45(52)46-20-14-16-26-53(46)59)56-49-23-11-9-21-47(49)55(48-22-10-12-24-50(48)56)41-28-27-37(7-3)39(35-41)18-6-2/h6-16,18-36H,3-5,17H2,1-2H3/b18-6-. The van der Waals surface area contributed by atoms with Gasteiger partial charge in [0.15, 0.2) is 0 Å². The summed E-state index contributed by atoms with van der Waals surface area (Å²) in [6, 6.07) is 59.8. The minimum atomic E-state index is -0.449. The van der Waals surface area contributed by atoms with Crippen LogP contribution in [0.25, 0.3) is 95.1 Å². The monoisotopic (exact) mass is 752 g/mol. The van der Waals surface area contributed by atoms with Crippen LogP contribution in [0.4, 0.5) is 0 Å². The van der Waals surface area contributed by atoms with Crippen LogP contribution in [0.15, 0.2) is 177 Å². The number of aryl methyl sites for hydroxylation is 1. The predicted octanol–water partition coefficient (Wildman–Crippen LogP) is 16.1. The van der Waals surface area contributed by atoms with E-state index in [9.17, 15) is 0 Å². The highest BCUT2D eigenvalue weighted by molar-refractivity contribution is 6.22. The molecule has 0 atom stereocenters. The van der Waals surface area contributed by atoms with E-state index < -0.39 is 5.41 Å². The summed E-state index contributed by atoms with van der Waals surface area (Å²) < 4.78 is 0. The molecule has 9 aromatic rings. The fourth-order valence-corrected chi connectivity index (χ4v) is 11.0. The molecule has 0 aromatic heterocycles. The molecule has 0 fully saturated rings. The molecule has 2 aliphatic carbocycles. The zero-order valence-corrected chi connectivity index (χ0v) is 33.6. The van der Waals surface area contributed by atoms with E-state index in [0.29, 0.717) is 0 Å². The molecule has 11 rings (SSSR count). The molecular weight excluding hydrogens is 709 g/mol. The molecule has 0 saturated heterocycles. The van der Waals surface area contributed by atoms with E-state index in [0.717, 1.165) is 18.4 Å². The Morgan fingerprint density at radius 1 is 0.492 bits per heavy atom. The van der Waals surface area contributed by atoms with Crippen molar-refractivity contribution in [1.82, 2.24) is 0 Å². The van der Waals surface area contributed by atoms with Crippen molar-refractivity contribution in [3.63, 3.8) is 0 Å². The molecule has 2 aliphatic rings. The van der Waals surface area contributed by atoms with Crippen molar-refractivity contribution in [2.75, 3.05) is 0 Å². The summed E-state index contributed by atoms with van der Waals surface area (Å²) in [6.07, 6.45) is 10.5. The molecule has 0 radical (unpaired) electrons. The van der Waals surface area contributed by atoms with E-state index >= 15 is 0 Å². The SMILES string of the molecule is C=Cc1ccc(-c2c3ccccc3c(-c3ccc4c5c(ccc4c3)-c3c(ccc(CCC)c3C=C)C53c4ccccc4-c4ccccc43)c3ccccc23)cc1/C=C\C. The van der Waals surface area contributed by atoms with E-state index in [1.165, 1.54) is 116 Å². The average Bonchev–Trinajstić information content (AvgIpc) is 3.75. The van der Waals surface area contributed by atoms with Gasteiger partial charge in [-0.15, -0.1) is 0 Å². The van der Waals surface area contributed by atoms with Crippen LogP contribution in [0, 0.1) is 0 Å². The second-order valence-electron chi connectivity index (χ2n) is 16.2. The topological polar surface area (TPSA) is 0 Å². The maximum atomic E-state index is 4.42. The Balaban J connectivity index is 1.20. The molecule has 0 N–H and O–H groups in total. The first-order valence-electron chi connectivity index (χ1n) is 21.0. The Hall–Kier alpha value is -7.02. The number of allylic oxidation sites excluding steroid dienone is 1. The molecule has 59 heavy (non-hydrogen) atoms. The third-order valence-corrected chi connectivity index (χ3v) is 13.2. The van der Waals surface area contributed by atoms with Crippen LogP contribution in [0.5, 0.6) is 0 Å². The largest absolute Gasteiger partial charge is 0.0984 e. The van der Waals surface area contributed by atoms with Gasteiger partial charge in [-0.3, -0.25) is 0 Å². The van der Waals surface area contributed by atoms with Crippen molar-refractivity contribution in [1.29, 1.82) is 0 Å². The summed E-state index contributed by atoms with van der Waals surface area (Å²) >= 11 is 0. The number of fused-ring (bicyclic) bond motifs is 14. The molecule has 0 heteroatoms. The Labute approximate surface area is 347 Å². The van der Waals surface area contributed by atoms with Crippen molar-refractivity contribution in [2.45, 2.75) is 32.1 Å². The fraction of sp³-hybridized carbons (Fsp3) is 0.0847. The van der Waals surface area contributed by atoms with Crippen LogP contribution in [0.3, 0.4) is 0 Å². The minimum Gasteiger partial charge on any atom is -0.0984 e. The first-order chi connectivity index (χ1) is 29.1. The number of hydrogen-bond donors (Lipinski definition) is 0. The Morgan fingerprint density at radius 3 is 1.68 bits per heavy atom. The van der Waals surface area contributed by atoms with Gasteiger partial charge < -0.3 is 0 Å². The van der Waals surface area contributed by atoms with Gasteiger partial charge in [0.25, 0.3) is 0 Å². The van der Waals surface area contributed by atoms with Crippen molar-refractivity contribution in [2.24, 2.45) is 0 Å². The molecule has 0 heterocycles. The molecule has 9 aromatic carbocycles. The Bertz CT molecular complexity index is 3170. The molecule has 0 nitrogen and oxygen atoms in total. The zero-order valence-electron chi connectivity index (χ0n) is 33.6. The quantitative estimate of drug-likeness (QED) is 0.142. The van der Waals surface area contributed by atoms with Crippen LogP contribution in [-0.2, 0) is 11.8 Å². The summed E-state index contributed by atoms with van der Waals surface area (Å²) in [5.74, 6) is 0. The highest BCUT2D eigenvalue weighted by Crippen LogP contribution is 2.65. The maximum Gasteiger partial charge on any atom is 0.0731 e. The Morgan fingerprint density at radius 2 is 1.08 bits per heavy atom. The molecule has 1 spiro atoms. The zero-order chi connectivity index (χ0) is 39.8. The van der Waals surface area contributed by atoms with E-state index in [2.05, 4.69) is 203 Å². The van der Waals surface area contributed by atoms with Crippen molar-refractivity contribution in [3.8, 4) is 44.5 Å². The Kier molecular flexibility index (Phi) is 8.07. The van der Waals surface area contributed by atoms with Gasteiger partial charge in [0.1, 0.15) is 0 Å². The summed E-state index contributed by atoms with van der Waals surface area (Å²) in [5, 5.41) is 7.55. The highest BCUT2D eigenvalue weighted by Gasteiger charge is 2.53. The van der Waals surface area contributed by atoms with Crippen LogP contribution >= 0.6 is 0 Å². The van der Waals surface area contributed by atoms with E-state index in [1.54, 1.807) is 0 Å². The smallest absolute Gasteiger partial charge is 0.0731 e. The van der Waals surface area contributed by atoms with Crippen molar-refractivity contribution >= 4 is 50.5 Å². The molecule has 0 bridgehead atoms. The molecule has 0 aliphatic heterocycles. The summed E-state index contributed by atoms with van der Waals surface area (Å²) in [4.78, 5) is 0. The molecule has 0 saturated carbocycles. The second-order valence-corrected chi connectivity index (χ2v) is 16.2. The fourth-order valence-electron chi connectivity index (χ4n) is 11.0. The summed E-state index contributed by atoms with van der Waals surface area (Å²) in [6.45, 7) is 12.9. The van der Waals surface area contributed by atoms with Gasteiger partial charge >= 0.3 is 0 Å². The number of benzene rings is 9. The summed E-state index contributed by atoms with van der Waals surface area (Å²) in [5.41, 5.74) is 20.2. The highest BCUT2D eigenvalue weighted by atomic mass is 14.5. The summed E-state index contributed by atoms with van der Waals surface area (Å²) in [7, 11) is 0. The lowest BCUT2D eigenvalue weighted by molar-refractivity contribution is 0.799. The second kappa shape index (κ2) is 13.5. The lowest BCUT2D eigenvalue weighted by Gasteiger charge is -2.31. The van der Waals surface area contributed by atoms with Gasteiger partial charge in [0.05, 0.1) is 5.41 Å². The van der Waals surface area contributed by atoms with Crippen LogP contribution in [-0.4, -0.2) is 0 Å². The van der Waals surface area contributed by atoms with Crippen LogP contribution in [0.2, 0.25) is 0 Å². The first kappa shape index (κ1) is 35.2. The number of hydrogen-bond acceptors (Lipinski definition) is 0. The molecule has 0 amide bonds. The van der Waals surface area contributed by atoms with Gasteiger partial charge in [-0.2, -0.15) is 0 Å². The van der Waals surface area contributed by atoms with Gasteiger partial charge in [-0.25, -0.2) is 0 Å². The lowest BCUT2D eigenvalue weighted by Crippen LogP contribution is -2.26. The molecule has 280 valence electrons. The van der Waals surface area contributed by atoms with E-state index in [1.807, 2.05) is 6.08 Å². The van der Waals surface area contributed by atoms with Gasteiger partial charge in [-0.1, -0.05) is 196 Å². The van der Waals surface area contributed by atoms with E-state index in [-0.39, 0.29) is 0 Å². The van der Waals surface area contributed by atoms with Gasteiger partial charge in [0.2, 0.25) is 0 Å². The third kappa shape index (κ3) is 4.84. The number of rotatable bonds is 7. The normalized spacial score (nSPS) is 13.3. The minimum absolute atomic E-state index is 0.449. The van der Waals surface area contributed by atoms with E-state index in [4.69, 9.17) is 0 Å². The molecule has 0 unspecified atom stereocenters. The van der Waals surface area contributed by atoms with Gasteiger partial charge in [-0.05, 0) is 147 Å². The predicted molar refractivity (Wildman–Crippen MR) is 255 cm³/mol. The molecular formula is C59H44. The average molecular weight is 753 g/mol. The van der Waals surface area contributed by atoms with Crippen LogP contribution in [0.1, 0.15) is 64.8 Å². The van der Waals surface area contributed by atoms with Crippen LogP contribution < -0.4 is 0 Å². The van der Waals surface area contributed by atoms with Crippen molar-refractivity contribution < 1.29 is 0 Å². The van der Waals surface area contributed by atoms with Gasteiger partial charge in [0, 0.05) is 0 Å². The first-order valence-corrected chi connectivity index (χ1v) is 21.0. The third-order valence-electron chi connectivity index (χ3n) is 13.2.